The molecule has 3 rings (SSSR count). The molecule has 4 nitrogen and oxygen atoms in total. The summed E-state index contributed by atoms with van der Waals surface area (Å²) in [6.45, 7) is 6.93. The van der Waals surface area contributed by atoms with E-state index in [2.05, 4.69) is 25.2 Å². The maximum Gasteiger partial charge on any atom is 0.243 e. The van der Waals surface area contributed by atoms with Gasteiger partial charge in [-0.25, -0.2) is 0 Å². The van der Waals surface area contributed by atoms with Gasteiger partial charge in [0.1, 0.15) is 6.04 Å². The molecule has 0 aliphatic heterocycles. The monoisotopic (exact) mass is 428 g/mol. The molecule has 1 unspecified atom stereocenters. The Morgan fingerprint density at radius 2 is 1.44 bits per heavy atom. The van der Waals surface area contributed by atoms with E-state index in [9.17, 15) is 9.59 Å². The average Bonchev–Trinajstić information content (AvgIpc) is 2.80. The predicted octanol–water partition coefficient (Wildman–Crippen LogP) is 4.62. The Morgan fingerprint density at radius 1 is 0.812 bits per heavy atom. The second-order valence-corrected chi connectivity index (χ2v) is 8.20. The highest BCUT2D eigenvalue weighted by atomic mass is 16.2. The molecule has 1 atom stereocenters. The van der Waals surface area contributed by atoms with Crippen molar-refractivity contribution in [2.75, 3.05) is 6.54 Å². The van der Waals surface area contributed by atoms with Crippen LogP contribution in [0.5, 0.6) is 0 Å². The standard InChI is InChI=1S/C28H32N2O2/c1-4-29-28(32)26(18-23-11-7-5-8-12-23)30(20-24-13-9-6-10-14-24)27(31)19-25-16-15-21(2)22(3)17-25/h5-17,26H,4,18-20H2,1-3H3,(H,29,32). The maximum atomic E-state index is 13.6. The third kappa shape index (κ3) is 6.30. The van der Waals surface area contributed by atoms with Gasteiger partial charge in [-0.05, 0) is 48.6 Å². The van der Waals surface area contributed by atoms with E-state index in [1.807, 2.05) is 79.7 Å². The largest absolute Gasteiger partial charge is 0.355 e. The molecule has 166 valence electrons. The first-order chi connectivity index (χ1) is 15.5. The Balaban J connectivity index is 1.94. The number of aryl methyl sites for hydroxylation is 2. The molecule has 2 amide bonds. The van der Waals surface area contributed by atoms with E-state index in [0.717, 1.165) is 22.3 Å². The van der Waals surface area contributed by atoms with Crippen LogP contribution in [0.3, 0.4) is 0 Å². The van der Waals surface area contributed by atoms with Crippen molar-refractivity contribution >= 4 is 11.8 Å². The minimum absolute atomic E-state index is 0.0516. The van der Waals surface area contributed by atoms with E-state index < -0.39 is 6.04 Å². The third-order valence-corrected chi connectivity index (χ3v) is 5.74. The number of carbonyl (C=O) groups is 2. The lowest BCUT2D eigenvalue weighted by molar-refractivity contribution is -0.140. The fourth-order valence-electron chi connectivity index (χ4n) is 3.82. The SMILES string of the molecule is CCNC(=O)C(Cc1ccccc1)N(Cc1ccccc1)C(=O)Cc1ccc(C)c(C)c1. The summed E-state index contributed by atoms with van der Waals surface area (Å²) in [5.41, 5.74) is 5.36. The molecule has 32 heavy (non-hydrogen) atoms. The fourth-order valence-corrected chi connectivity index (χ4v) is 3.82. The van der Waals surface area contributed by atoms with Crippen molar-refractivity contribution in [1.29, 1.82) is 0 Å². The van der Waals surface area contributed by atoms with Gasteiger partial charge in [0.2, 0.25) is 11.8 Å². The number of benzene rings is 3. The molecule has 0 saturated heterocycles. The van der Waals surface area contributed by atoms with Crippen LogP contribution >= 0.6 is 0 Å². The topological polar surface area (TPSA) is 49.4 Å². The van der Waals surface area contributed by atoms with Gasteiger partial charge in [-0.2, -0.15) is 0 Å². The van der Waals surface area contributed by atoms with Crippen LogP contribution < -0.4 is 5.32 Å². The van der Waals surface area contributed by atoms with Crippen molar-refractivity contribution in [2.45, 2.75) is 46.2 Å². The lowest BCUT2D eigenvalue weighted by Crippen LogP contribution is -2.50. The molecule has 0 spiro atoms. The van der Waals surface area contributed by atoms with E-state index in [4.69, 9.17) is 0 Å². The van der Waals surface area contributed by atoms with E-state index in [1.165, 1.54) is 5.56 Å². The Bertz CT molecular complexity index is 1030. The van der Waals surface area contributed by atoms with E-state index in [1.54, 1.807) is 4.90 Å². The number of nitrogens with one attached hydrogen (secondary N) is 1. The molecule has 0 aliphatic carbocycles. The van der Waals surface area contributed by atoms with Crippen LogP contribution in [-0.4, -0.2) is 29.3 Å². The van der Waals surface area contributed by atoms with Crippen molar-refractivity contribution in [3.05, 3.63) is 107 Å². The second-order valence-electron chi connectivity index (χ2n) is 8.20. The molecular formula is C28H32N2O2. The molecule has 0 saturated carbocycles. The van der Waals surface area contributed by atoms with Gasteiger partial charge in [-0.3, -0.25) is 9.59 Å². The summed E-state index contributed by atoms with van der Waals surface area (Å²) in [5, 5.41) is 2.93. The maximum absolute atomic E-state index is 13.6. The molecule has 0 aromatic heterocycles. The Hall–Kier alpha value is -3.40. The zero-order chi connectivity index (χ0) is 22.9. The third-order valence-electron chi connectivity index (χ3n) is 5.74. The predicted molar refractivity (Wildman–Crippen MR) is 129 cm³/mol. The molecule has 0 radical (unpaired) electrons. The van der Waals surface area contributed by atoms with Gasteiger partial charge < -0.3 is 10.2 Å². The molecule has 0 heterocycles. The van der Waals surface area contributed by atoms with Crippen LogP contribution in [0.1, 0.15) is 34.7 Å². The van der Waals surface area contributed by atoms with Crippen LogP contribution in [-0.2, 0) is 29.0 Å². The van der Waals surface area contributed by atoms with Crippen molar-refractivity contribution in [3.8, 4) is 0 Å². The molecule has 0 bridgehead atoms. The van der Waals surface area contributed by atoms with Gasteiger partial charge in [-0.1, -0.05) is 78.9 Å². The number of rotatable bonds is 9. The van der Waals surface area contributed by atoms with Crippen molar-refractivity contribution in [1.82, 2.24) is 10.2 Å². The second kappa shape index (κ2) is 11.3. The molecule has 0 fully saturated rings. The van der Waals surface area contributed by atoms with Gasteiger partial charge in [0.05, 0.1) is 6.42 Å². The van der Waals surface area contributed by atoms with Gasteiger partial charge >= 0.3 is 0 Å². The van der Waals surface area contributed by atoms with Crippen LogP contribution in [0, 0.1) is 13.8 Å². The van der Waals surface area contributed by atoms with Crippen molar-refractivity contribution in [3.63, 3.8) is 0 Å². The molecular weight excluding hydrogens is 396 g/mol. The lowest BCUT2D eigenvalue weighted by Gasteiger charge is -2.31. The van der Waals surface area contributed by atoms with E-state index in [0.29, 0.717) is 19.5 Å². The summed E-state index contributed by atoms with van der Waals surface area (Å²) < 4.78 is 0. The Kier molecular flexibility index (Phi) is 8.20. The van der Waals surface area contributed by atoms with Gasteiger partial charge in [0, 0.05) is 19.5 Å². The molecule has 0 aliphatic rings. The summed E-state index contributed by atoms with van der Waals surface area (Å²) >= 11 is 0. The zero-order valence-electron chi connectivity index (χ0n) is 19.2. The lowest BCUT2D eigenvalue weighted by atomic mass is 10.00. The summed E-state index contributed by atoms with van der Waals surface area (Å²) in [5.74, 6) is -0.176. The molecule has 3 aromatic carbocycles. The average molecular weight is 429 g/mol. The van der Waals surface area contributed by atoms with Crippen LogP contribution in [0.4, 0.5) is 0 Å². The Morgan fingerprint density at radius 3 is 2.03 bits per heavy atom. The number of hydrogen-bond donors (Lipinski definition) is 1. The van der Waals surface area contributed by atoms with Gasteiger partial charge in [0.15, 0.2) is 0 Å². The van der Waals surface area contributed by atoms with Crippen LogP contribution in [0.25, 0.3) is 0 Å². The summed E-state index contributed by atoms with van der Waals surface area (Å²) in [7, 11) is 0. The zero-order valence-corrected chi connectivity index (χ0v) is 19.2. The van der Waals surface area contributed by atoms with Crippen LogP contribution in [0.2, 0.25) is 0 Å². The molecule has 1 N–H and O–H groups in total. The Labute approximate surface area is 191 Å². The van der Waals surface area contributed by atoms with Crippen molar-refractivity contribution in [2.24, 2.45) is 0 Å². The van der Waals surface area contributed by atoms with E-state index in [-0.39, 0.29) is 18.2 Å². The highest BCUT2D eigenvalue weighted by Crippen LogP contribution is 2.18. The summed E-state index contributed by atoms with van der Waals surface area (Å²) in [6.07, 6.45) is 0.733. The van der Waals surface area contributed by atoms with Crippen molar-refractivity contribution < 1.29 is 9.59 Å². The number of amides is 2. The van der Waals surface area contributed by atoms with E-state index >= 15 is 0 Å². The summed E-state index contributed by atoms with van der Waals surface area (Å²) in [4.78, 5) is 28.5. The minimum atomic E-state index is -0.586. The summed E-state index contributed by atoms with van der Waals surface area (Å²) in [6, 6.07) is 25.3. The number of carbonyl (C=O) groups excluding carboxylic acids is 2. The smallest absolute Gasteiger partial charge is 0.243 e. The van der Waals surface area contributed by atoms with Gasteiger partial charge in [-0.15, -0.1) is 0 Å². The minimum Gasteiger partial charge on any atom is -0.355 e. The molecule has 4 heteroatoms. The number of hydrogen-bond acceptors (Lipinski definition) is 2. The molecule has 3 aromatic rings. The van der Waals surface area contributed by atoms with Crippen LogP contribution in [0.15, 0.2) is 78.9 Å². The number of likely N-dealkylation sites (N-methyl/N-ethyl adjacent to an activating group) is 1. The normalized spacial score (nSPS) is 11.6. The first-order valence-electron chi connectivity index (χ1n) is 11.2. The first kappa shape index (κ1) is 23.3. The van der Waals surface area contributed by atoms with Gasteiger partial charge in [0.25, 0.3) is 0 Å². The fraction of sp³-hybridized carbons (Fsp3) is 0.286. The quantitative estimate of drug-likeness (QED) is 0.541. The number of nitrogens with zero attached hydrogens (tertiary/aromatic N) is 1. The highest BCUT2D eigenvalue weighted by molar-refractivity contribution is 5.88. The highest BCUT2D eigenvalue weighted by Gasteiger charge is 2.30. The first-order valence-corrected chi connectivity index (χ1v) is 11.2.